The van der Waals surface area contributed by atoms with Gasteiger partial charge in [0.05, 0.1) is 11.0 Å². The van der Waals surface area contributed by atoms with Crippen molar-refractivity contribution in [3.8, 4) is 5.75 Å². The Bertz CT molecular complexity index is 1540. The molecule has 1 heterocycles. The number of piperidine rings is 1. The monoisotopic (exact) mass is 576 g/mol. The zero-order chi connectivity index (χ0) is 29.2. The van der Waals surface area contributed by atoms with E-state index in [1.54, 1.807) is 0 Å². The van der Waals surface area contributed by atoms with Crippen molar-refractivity contribution in [2.24, 2.45) is 23.0 Å². The van der Waals surface area contributed by atoms with E-state index >= 15 is 0 Å². The van der Waals surface area contributed by atoms with Gasteiger partial charge < -0.3 is 21.1 Å². The fourth-order valence-corrected chi connectivity index (χ4v) is 7.78. The van der Waals surface area contributed by atoms with Crippen molar-refractivity contribution in [3.05, 3.63) is 86.3 Å². The third-order valence-electron chi connectivity index (χ3n) is 9.80. The number of carbonyl (C=O) groups is 3. The third kappa shape index (κ3) is 4.27. The number of allylic oxidation sites excluding steroid dienone is 3. The van der Waals surface area contributed by atoms with E-state index in [-0.39, 0.29) is 23.3 Å². The number of primary amides is 1. The van der Waals surface area contributed by atoms with E-state index in [2.05, 4.69) is 29.2 Å². The van der Waals surface area contributed by atoms with E-state index in [9.17, 15) is 29.7 Å². The van der Waals surface area contributed by atoms with Crippen LogP contribution in [-0.4, -0.2) is 50.8 Å². The highest BCUT2D eigenvalue weighted by Crippen LogP contribution is 2.56. The maximum absolute atomic E-state index is 13.8. The van der Waals surface area contributed by atoms with Crippen LogP contribution in [0.1, 0.15) is 65.6 Å². The molecule has 214 valence electrons. The number of ketones is 2. The lowest BCUT2D eigenvalue weighted by Crippen LogP contribution is -2.50. The molecule has 2 aromatic carbocycles. The molecule has 0 spiro atoms. The molecule has 1 unspecified atom stereocenters. The minimum absolute atomic E-state index is 0.0205. The molecule has 1 saturated heterocycles. The fraction of sp³-hybridized carbons (Fsp3) is 0.406. The number of halogens is 1. The minimum atomic E-state index is -1.58. The van der Waals surface area contributed by atoms with Crippen molar-refractivity contribution >= 4 is 29.1 Å². The minimum Gasteiger partial charge on any atom is -0.511 e. The van der Waals surface area contributed by atoms with E-state index in [1.807, 2.05) is 6.07 Å². The van der Waals surface area contributed by atoms with Gasteiger partial charge in [-0.2, -0.15) is 0 Å². The number of amides is 1. The smallest absolute Gasteiger partial charge is 0.255 e. The van der Waals surface area contributed by atoms with Crippen LogP contribution in [0.2, 0.25) is 5.02 Å². The van der Waals surface area contributed by atoms with Crippen molar-refractivity contribution in [1.29, 1.82) is 0 Å². The van der Waals surface area contributed by atoms with Crippen molar-refractivity contribution in [1.82, 2.24) is 4.90 Å². The highest BCUT2D eigenvalue weighted by atomic mass is 35.5. The van der Waals surface area contributed by atoms with Crippen LogP contribution in [0.15, 0.2) is 59.1 Å². The topological polar surface area (TPSA) is 141 Å². The summed E-state index contributed by atoms with van der Waals surface area (Å²) in [4.78, 5) is 41.3. The summed E-state index contributed by atoms with van der Waals surface area (Å²) in [5, 5.41) is 33.3. The number of aliphatic hydroxyl groups is 2. The molecule has 3 atom stereocenters. The van der Waals surface area contributed by atoms with Gasteiger partial charge in [-0.25, -0.2) is 0 Å². The molecule has 1 aliphatic heterocycles. The molecule has 0 saturated carbocycles. The number of nitrogens with two attached hydrogens (primary N) is 1. The number of fused-ring (bicyclic) bond motifs is 3. The normalized spacial score (nSPS) is 27.0. The number of nitrogens with zero attached hydrogens (tertiary/aromatic N) is 1. The second kappa shape index (κ2) is 10.0. The summed E-state index contributed by atoms with van der Waals surface area (Å²) in [7, 11) is 0. The Morgan fingerprint density at radius 2 is 1.76 bits per heavy atom. The van der Waals surface area contributed by atoms with Crippen LogP contribution in [-0.2, 0) is 22.6 Å². The van der Waals surface area contributed by atoms with E-state index in [0.717, 1.165) is 31.5 Å². The number of phenols is 1. The first-order valence-corrected chi connectivity index (χ1v) is 14.5. The van der Waals surface area contributed by atoms with Gasteiger partial charge in [-0.15, -0.1) is 0 Å². The molecule has 0 aromatic heterocycles. The van der Waals surface area contributed by atoms with Crippen molar-refractivity contribution < 1.29 is 29.7 Å². The Kier molecular flexibility index (Phi) is 6.74. The molecule has 4 aliphatic rings. The van der Waals surface area contributed by atoms with Crippen LogP contribution in [0, 0.1) is 17.3 Å². The van der Waals surface area contributed by atoms with Gasteiger partial charge in [-0.05, 0) is 86.2 Å². The number of Topliss-reactive ketones (excluding diaryl/α,β-unsaturated/α-hetero) is 2. The summed E-state index contributed by atoms with van der Waals surface area (Å²) in [6.45, 7) is 3.79. The average Bonchev–Trinajstić information content (AvgIpc) is 2.94. The van der Waals surface area contributed by atoms with E-state index < -0.39 is 51.8 Å². The molecule has 3 aliphatic carbocycles. The van der Waals surface area contributed by atoms with Gasteiger partial charge in [0.15, 0.2) is 11.6 Å². The second-order valence-corrected chi connectivity index (χ2v) is 12.4. The Hall–Kier alpha value is -3.62. The van der Waals surface area contributed by atoms with Crippen LogP contribution in [0.3, 0.4) is 0 Å². The Morgan fingerprint density at radius 3 is 2.41 bits per heavy atom. The Balaban J connectivity index is 1.29. The van der Waals surface area contributed by atoms with Crippen LogP contribution in [0.25, 0.3) is 0 Å². The maximum atomic E-state index is 13.8. The molecule has 9 heteroatoms. The van der Waals surface area contributed by atoms with Crippen molar-refractivity contribution in [2.45, 2.75) is 51.5 Å². The Labute approximate surface area is 243 Å². The first kappa shape index (κ1) is 27.5. The number of aliphatic hydroxyl groups excluding tert-OH is 2. The molecule has 2 aromatic rings. The zero-order valence-electron chi connectivity index (χ0n) is 22.8. The van der Waals surface area contributed by atoms with Gasteiger partial charge in [0.1, 0.15) is 22.8 Å². The van der Waals surface area contributed by atoms with Crippen LogP contribution < -0.4 is 5.73 Å². The number of rotatable bonds is 4. The molecule has 1 fully saturated rings. The Morgan fingerprint density at radius 1 is 1.07 bits per heavy atom. The molecule has 6 rings (SSSR count). The molecule has 8 nitrogen and oxygen atoms in total. The lowest BCUT2D eigenvalue weighted by Gasteiger charge is -2.47. The van der Waals surface area contributed by atoms with Crippen LogP contribution in [0.5, 0.6) is 5.75 Å². The predicted molar refractivity (Wildman–Crippen MR) is 153 cm³/mol. The summed E-state index contributed by atoms with van der Waals surface area (Å²) >= 11 is 6.92. The molecule has 5 N–H and O–H groups in total. The average molecular weight is 577 g/mol. The van der Waals surface area contributed by atoms with Crippen molar-refractivity contribution in [2.75, 3.05) is 13.1 Å². The zero-order valence-corrected chi connectivity index (χ0v) is 23.6. The number of aromatic hydroxyl groups is 1. The summed E-state index contributed by atoms with van der Waals surface area (Å²) in [5.74, 6) is -3.96. The molecule has 0 radical (unpaired) electrons. The molecular weight excluding hydrogens is 544 g/mol. The largest absolute Gasteiger partial charge is 0.511 e. The molecule has 0 bridgehead atoms. The second-order valence-electron chi connectivity index (χ2n) is 12.0. The third-order valence-corrected chi connectivity index (χ3v) is 10.3. The standard InChI is InChI=1S/C32H33ClN2O6/c1-32-20(14-23(37)26(30(32)40)31(34)41)11-18-12-21-25(28(38)24(18)29(32)39)22(36)13-19(27(21)33)15-35-9-7-17(8-10-35)16-5-3-2-4-6-16/h2-6,13,17-18,20,36-37,39H,7-12,14-15H2,1H3,(H2,34,41)/t18?,20-,32+/m0/s1. The summed E-state index contributed by atoms with van der Waals surface area (Å²) in [6.07, 6.45) is 2.63. The van der Waals surface area contributed by atoms with Gasteiger partial charge >= 0.3 is 0 Å². The molecular formula is C32H33ClN2O6. The van der Waals surface area contributed by atoms with Crippen LogP contribution >= 0.6 is 11.6 Å². The van der Waals surface area contributed by atoms with Gasteiger partial charge in [0, 0.05) is 23.6 Å². The quantitative estimate of drug-likeness (QED) is 0.380. The van der Waals surface area contributed by atoms with E-state index in [0.29, 0.717) is 35.9 Å². The van der Waals surface area contributed by atoms with Gasteiger partial charge in [0.2, 0.25) is 0 Å². The number of benzene rings is 2. The number of hydrogen-bond acceptors (Lipinski definition) is 7. The number of hydrogen-bond donors (Lipinski definition) is 4. The summed E-state index contributed by atoms with van der Waals surface area (Å²) in [5.41, 5.74) is 5.95. The van der Waals surface area contributed by atoms with Crippen molar-refractivity contribution in [3.63, 3.8) is 0 Å². The van der Waals surface area contributed by atoms with E-state index in [1.165, 1.54) is 18.6 Å². The molecule has 41 heavy (non-hydrogen) atoms. The molecule has 1 amide bonds. The fourth-order valence-electron chi connectivity index (χ4n) is 7.49. The highest BCUT2D eigenvalue weighted by Gasteiger charge is 2.57. The predicted octanol–water partition coefficient (Wildman–Crippen LogP) is 4.89. The number of phenolic OH excluding ortho intramolecular Hbond substituents is 1. The van der Waals surface area contributed by atoms with E-state index in [4.69, 9.17) is 17.3 Å². The van der Waals surface area contributed by atoms with Gasteiger partial charge in [-0.3, -0.25) is 19.3 Å². The first-order valence-electron chi connectivity index (χ1n) is 14.1. The SMILES string of the molecule is C[C@@]12C(=O)C(C(N)=O)=C(O)C[C@@H]1CC1Cc3c(Cl)c(CN4CCC(c5ccccc5)CC4)cc(O)c3C(=O)C1=C2O. The van der Waals surface area contributed by atoms with Gasteiger partial charge in [-0.1, -0.05) is 41.9 Å². The lowest BCUT2D eigenvalue weighted by atomic mass is 9.55. The summed E-state index contributed by atoms with van der Waals surface area (Å²) < 4.78 is 0. The number of carbonyl (C=O) groups excluding carboxylic acids is 3. The highest BCUT2D eigenvalue weighted by molar-refractivity contribution is 6.33. The maximum Gasteiger partial charge on any atom is 0.255 e. The van der Waals surface area contributed by atoms with Crippen LogP contribution in [0.4, 0.5) is 0 Å². The summed E-state index contributed by atoms with van der Waals surface area (Å²) in [6, 6.07) is 12.0. The first-order chi connectivity index (χ1) is 19.5. The van der Waals surface area contributed by atoms with Gasteiger partial charge in [0.25, 0.3) is 5.91 Å². The lowest BCUT2D eigenvalue weighted by molar-refractivity contribution is -0.131. The number of likely N-dealkylation sites (tertiary alicyclic amines) is 1.